The van der Waals surface area contributed by atoms with Crippen LogP contribution in [0.1, 0.15) is 16.1 Å². The van der Waals surface area contributed by atoms with Gasteiger partial charge in [0.25, 0.3) is 5.91 Å². The van der Waals surface area contributed by atoms with E-state index in [0.29, 0.717) is 18.8 Å². The molecular weight excluding hydrogens is 398 g/mol. The summed E-state index contributed by atoms with van der Waals surface area (Å²) in [5.74, 6) is 1.62. The maximum atomic E-state index is 12.9. The largest absolute Gasteiger partial charge is 0.497 e. The molecule has 0 aliphatic carbocycles. The number of nitrogens with zero attached hydrogens (tertiary/aromatic N) is 3. The van der Waals surface area contributed by atoms with Gasteiger partial charge in [-0.15, -0.1) is 11.3 Å². The van der Waals surface area contributed by atoms with Gasteiger partial charge in [-0.05, 0) is 29.8 Å². The number of methoxy groups -OCH3 is 2. The Hall–Kier alpha value is -2.90. The van der Waals surface area contributed by atoms with Gasteiger partial charge in [0.2, 0.25) is 0 Å². The SMILES string of the molecule is COc1ccc(CN2CCN(C(=O)c3csc(-c4ccccc4OC)n3)CC2)cc1. The lowest BCUT2D eigenvalue weighted by Gasteiger charge is -2.34. The minimum Gasteiger partial charge on any atom is -0.497 e. The summed E-state index contributed by atoms with van der Waals surface area (Å²) in [6, 6.07) is 15.9. The molecule has 7 heteroatoms. The molecule has 0 atom stereocenters. The molecule has 2 heterocycles. The molecule has 1 aliphatic heterocycles. The topological polar surface area (TPSA) is 54.9 Å². The van der Waals surface area contributed by atoms with E-state index in [2.05, 4.69) is 22.0 Å². The zero-order valence-corrected chi connectivity index (χ0v) is 18.0. The molecule has 6 nitrogen and oxygen atoms in total. The number of ether oxygens (including phenoxy) is 2. The number of piperazine rings is 1. The van der Waals surface area contributed by atoms with Crippen LogP contribution in [-0.2, 0) is 6.54 Å². The summed E-state index contributed by atoms with van der Waals surface area (Å²) >= 11 is 1.47. The van der Waals surface area contributed by atoms with E-state index in [1.54, 1.807) is 14.2 Å². The van der Waals surface area contributed by atoms with E-state index in [-0.39, 0.29) is 5.91 Å². The van der Waals surface area contributed by atoms with Crippen LogP contribution in [0.4, 0.5) is 0 Å². The van der Waals surface area contributed by atoms with Gasteiger partial charge in [-0.1, -0.05) is 24.3 Å². The lowest BCUT2D eigenvalue weighted by molar-refractivity contribution is 0.0623. The lowest BCUT2D eigenvalue weighted by atomic mass is 10.2. The number of amides is 1. The molecule has 0 unspecified atom stereocenters. The monoisotopic (exact) mass is 423 g/mol. The fourth-order valence-corrected chi connectivity index (χ4v) is 4.40. The Morgan fingerprint density at radius 2 is 1.73 bits per heavy atom. The molecule has 1 aromatic heterocycles. The van der Waals surface area contributed by atoms with Crippen LogP contribution in [-0.4, -0.2) is 61.1 Å². The Labute approximate surface area is 180 Å². The number of hydrogen-bond donors (Lipinski definition) is 0. The lowest BCUT2D eigenvalue weighted by Crippen LogP contribution is -2.48. The van der Waals surface area contributed by atoms with Crippen molar-refractivity contribution < 1.29 is 14.3 Å². The van der Waals surface area contributed by atoms with Crippen molar-refractivity contribution in [1.82, 2.24) is 14.8 Å². The number of rotatable bonds is 6. The van der Waals surface area contributed by atoms with Gasteiger partial charge in [-0.25, -0.2) is 4.98 Å². The fraction of sp³-hybridized carbons (Fsp3) is 0.304. The highest BCUT2D eigenvalue weighted by Gasteiger charge is 2.24. The van der Waals surface area contributed by atoms with Crippen molar-refractivity contribution in [3.05, 3.63) is 65.2 Å². The van der Waals surface area contributed by atoms with Gasteiger partial charge in [-0.3, -0.25) is 9.69 Å². The number of carbonyl (C=O) groups excluding carboxylic acids is 1. The zero-order valence-electron chi connectivity index (χ0n) is 17.2. The van der Waals surface area contributed by atoms with E-state index in [1.165, 1.54) is 16.9 Å². The highest BCUT2D eigenvalue weighted by atomic mass is 32.1. The molecule has 1 fully saturated rings. The molecular formula is C23H25N3O3S. The standard InChI is InChI=1S/C23H25N3O3S/c1-28-18-9-7-17(8-10-18)15-25-11-13-26(14-12-25)23(27)20-16-30-22(24-20)19-5-3-4-6-21(19)29-2/h3-10,16H,11-15H2,1-2H3. The Morgan fingerprint density at radius 3 is 2.43 bits per heavy atom. The number of hydrogen-bond acceptors (Lipinski definition) is 6. The minimum atomic E-state index is -0.00324. The van der Waals surface area contributed by atoms with Crippen LogP contribution in [0.5, 0.6) is 11.5 Å². The predicted molar refractivity (Wildman–Crippen MR) is 118 cm³/mol. The van der Waals surface area contributed by atoms with Crippen molar-refractivity contribution in [3.8, 4) is 22.1 Å². The first kappa shape index (κ1) is 20.4. The van der Waals surface area contributed by atoms with Crippen LogP contribution in [0, 0.1) is 0 Å². The molecule has 1 amide bonds. The first-order valence-electron chi connectivity index (χ1n) is 9.91. The molecule has 4 rings (SSSR count). The van der Waals surface area contributed by atoms with Crippen molar-refractivity contribution in [2.24, 2.45) is 0 Å². The summed E-state index contributed by atoms with van der Waals surface area (Å²) < 4.78 is 10.6. The van der Waals surface area contributed by atoms with Crippen LogP contribution < -0.4 is 9.47 Å². The second kappa shape index (κ2) is 9.28. The van der Waals surface area contributed by atoms with Crippen molar-refractivity contribution in [3.63, 3.8) is 0 Å². The quantitative estimate of drug-likeness (QED) is 0.604. The van der Waals surface area contributed by atoms with E-state index in [9.17, 15) is 4.79 Å². The van der Waals surface area contributed by atoms with Gasteiger partial charge >= 0.3 is 0 Å². The van der Waals surface area contributed by atoms with Crippen LogP contribution in [0.3, 0.4) is 0 Å². The summed E-state index contributed by atoms with van der Waals surface area (Å²) in [7, 11) is 3.32. The smallest absolute Gasteiger partial charge is 0.273 e. The van der Waals surface area contributed by atoms with Crippen LogP contribution >= 0.6 is 11.3 Å². The summed E-state index contributed by atoms with van der Waals surface area (Å²) in [6.07, 6.45) is 0. The average Bonchev–Trinajstić information content (AvgIpc) is 3.30. The Bertz CT molecular complexity index is 995. The molecule has 0 radical (unpaired) electrons. The second-order valence-corrected chi connectivity index (χ2v) is 8.01. The fourth-order valence-electron chi connectivity index (χ4n) is 3.58. The molecule has 0 bridgehead atoms. The Morgan fingerprint density at radius 1 is 1.00 bits per heavy atom. The zero-order chi connectivity index (χ0) is 20.9. The number of thiazole rings is 1. The number of para-hydroxylation sites is 1. The molecule has 30 heavy (non-hydrogen) atoms. The third kappa shape index (κ3) is 4.47. The molecule has 2 aromatic carbocycles. The summed E-state index contributed by atoms with van der Waals surface area (Å²) in [5, 5.41) is 2.64. The third-order valence-corrected chi connectivity index (χ3v) is 6.16. The van der Waals surface area contributed by atoms with Gasteiger partial charge in [0.05, 0.1) is 19.8 Å². The van der Waals surface area contributed by atoms with E-state index >= 15 is 0 Å². The molecule has 156 valence electrons. The maximum absolute atomic E-state index is 12.9. The molecule has 3 aromatic rings. The molecule has 0 N–H and O–H groups in total. The first-order valence-corrected chi connectivity index (χ1v) is 10.8. The maximum Gasteiger partial charge on any atom is 0.273 e. The van der Waals surface area contributed by atoms with E-state index < -0.39 is 0 Å². The normalized spacial score (nSPS) is 14.5. The minimum absolute atomic E-state index is 0.00324. The summed E-state index contributed by atoms with van der Waals surface area (Å²) in [5.41, 5.74) is 2.66. The molecule has 0 spiro atoms. The second-order valence-electron chi connectivity index (χ2n) is 7.15. The highest BCUT2D eigenvalue weighted by Crippen LogP contribution is 2.32. The van der Waals surface area contributed by atoms with Crippen molar-refractivity contribution in [2.45, 2.75) is 6.54 Å². The molecule has 1 saturated heterocycles. The van der Waals surface area contributed by atoms with E-state index in [0.717, 1.165) is 41.7 Å². The Kier molecular flexibility index (Phi) is 6.30. The van der Waals surface area contributed by atoms with Crippen molar-refractivity contribution in [1.29, 1.82) is 0 Å². The van der Waals surface area contributed by atoms with Crippen molar-refractivity contribution in [2.75, 3.05) is 40.4 Å². The van der Waals surface area contributed by atoms with Gasteiger partial charge in [-0.2, -0.15) is 0 Å². The van der Waals surface area contributed by atoms with E-state index in [4.69, 9.17) is 9.47 Å². The highest BCUT2D eigenvalue weighted by molar-refractivity contribution is 7.13. The Balaban J connectivity index is 1.36. The first-order chi connectivity index (χ1) is 14.7. The van der Waals surface area contributed by atoms with Crippen LogP contribution in [0.2, 0.25) is 0 Å². The van der Waals surface area contributed by atoms with Crippen molar-refractivity contribution >= 4 is 17.2 Å². The number of carbonyl (C=O) groups is 1. The molecule has 1 aliphatic rings. The van der Waals surface area contributed by atoms with Crippen LogP contribution in [0.15, 0.2) is 53.9 Å². The van der Waals surface area contributed by atoms with Gasteiger partial charge in [0.1, 0.15) is 22.2 Å². The van der Waals surface area contributed by atoms with Gasteiger partial charge < -0.3 is 14.4 Å². The van der Waals surface area contributed by atoms with Crippen LogP contribution in [0.25, 0.3) is 10.6 Å². The van der Waals surface area contributed by atoms with Gasteiger partial charge in [0.15, 0.2) is 0 Å². The number of aromatic nitrogens is 1. The van der Waals surface area contributed by atoms with E-state index in [1.807, 2.05) is 46.7 Å². The summed E-state index contributed by atoms with van der Waals surface area (Å²) in [6.45, 7) is 3.98. The number of benzene rings is 2. The average molecular weight is 424 g/mol. The van der Waals surface area contributed by atoms with Gasteiger partial charge in [0, 0.05) is 38.1 Å². The summed E-state index contributed by atoms with van der Waals surface area (Å²) in [4.78, 5) is 21.8. The third-order valence-electron chi connectivity index (χ3n) is 5.29. The molecule has 0 saturated carbocycles. The predicted octanol–water partition coefficient (Wildman–Crippen LogP) is 3.79.